The number of benzene rings is 4. The van der Waals surface area contributed by atoms with E-state index >= 15 is 0 Å². The number of imidazole rings is 2. The predicted octanol–water partition coefficient (Wildman–Crippen LogP) is 9.69. The minimum Gasteiger partial charge on any atom is -0.444 e. The third kappa shape index (κ3) is 11.6. The molecule has 2 aliphatic heterocycles. The molecule has 0 aliphatic carbocycles. The van der Waals surface area contributed by atoms with Crippen LogP contribution in [-0.4, -0.2) is 97.9 Å². The fourth-order valence-corrected chi connectivity index (χ4v) is 8.16. The largest absolute Gasteiger partial charge is 0.444 e. The number of carbonyl (C=O) groups is 1. The molecule has 12 heteroatoms. The summed E-state index contributed by atoms with van der Waals surface area (Å²) >= 11 is 0. The Morgan fingerprint density at radius 3 is 1.50 bits per heavy atom. The Kier molecular flexibility index (Phi) is 15.5. The van der Waals surface area contributed by atoms with E-state index in [2.05, 4.69) is 78.4 Å². The maximum atomic E-state index is 13.5. The van der Waals surface area contributed by atoms with E-state index in [-0.39, 0.29) is 37.2 Å². The molecule has 1 amide bonds. The quantitative estimate of drug-likeness (QED) is 0.147. The summed E-state index contributed by atoms with van der Waals surface area (Å²) in [6.45, 7) is 18.7. The zero-order valence-electron chi connectivity index (χ0n) is 36.0. The van der Waals surface area contributed by atoms with Crippen molar-refractivity contribution in [1.29, 1.82) is 0 Å². The Bertz CT molecular complexity index is 2320. The second-order valence-electron chi connectivity index (χ2n) is 16.9. The predicted molar refractivity (Wildman–Crippen MR) is 244 cm³/mol. The van der Waals surface area contributed by atoms with Gasteiger partial charge in [-0.1, -0.05) is 80.2 Å². The molecule has 2 atom stereocenters. The van der Waals surface area contributed by atoms with Gasteiger partial charge in [-0.15, -0.1) is 0 Å². The van der Waals surface area contributed by atoms with Crippen molar-refractivity contribution in [2.24, 2.45) is 0 Å². The van der Waals surface area contributed by atoms with Crippen LogP contribution in [0, 0.1) is 11.6 Å². The molecule has 4 aromatic carbocycles. The van der Waals surface area contributed by atoms with Gasteiger partial charge < -0.3 is 24.1 Å². The molecule has 0 saturated carbocycles. The number of nitrogens with one attached hydrogen (secondary N) is 1. The van der Waals surface area contributed by atoms with E-state index < -0.39 is 5.60 Å². The highest BCUT2D eigenvalue weighted by Crippen LogP contribution is 2.33. The second-order valence-corrected chi connectivity index (χ2v) is 16.9. The standard InChI is InChI=1S/C27H33FN4O2.C22H25FN4.CH4/c1-20(24-7-5-6-8-25(24)21-9-11-22(28)12-10-21)32-19-29-17-23(32)18-30-13-15-31(16-14-30)26(33)34-27(2,3)4;1-17(27-16-25-14-20(27)15-26-12-10-24-11-13-26)21-4-2-3-5-22(21)18-6-8-19(23)9-7-18;/h5-12,17,19-20H,13-16,18H2,1-4H3;2-9,14,16-17,24H,10-13,15H2,1H3;1H4. The average Bonchev–Trinajstić information content (AvgIpc) is 3.94. The molecule has 2 aliphatic rings. The summed E-state index contributed by atoms with van der Waals surface area (Å²) in [7, 11) is 0. The number of nitrogens with zero attached hydrogens (tertiary/aromatic N) is 7. The van der Waals surface area contributed by atoms with Crippen LogP contribution in [0.4, 0.5) is 13.6 Å². The normalized spacial score (nSPS) is 15.8. The van der Waals surface area contributed by atoms with Crippen LogP contribution in [0.15, 0.2) is 122 Å². The van der Waals surface area contributed by atoms with Gasteiger partial charge in [-0.3, -0.25) is 9.80 Å². The number of hydrogen-bond acceptors (Lipinski definition) is 7. The van der Waals surface area contributed by atoms with Crippen LogP contribution in [0.25, 0.3) is 22.3 Å². The Labute approximate surface area is 366 Å². The van der Waals surface area contributed by atoms with Crippen LogP contribution in [0.2, 0.25) is 0 Å². The van der Waals surface area contributed by atoms with Gasteiger partial charge >= 0.3 is 6.09 Å². The van der Waals surface area contributed by atoms with E-state index in [0.717, 1.165) is 85.9 Å². The first-order valence-corrected chi connectivity index (χ1v) is 21.3. The first kappa shape index (κ1) is 45.8. The van der Waals surface area contributed by atoms with Crippen LogP contribution in [0.5, 0.6) is 0 Å². The smallest absolute Gasteiger partial charge is 0.410 e. The first-order chi connectivity index (χ1) is 29.4. The SMILES string of the molecule is C.CC(c1ccccc1-c1ccc(F)cc1)n1cncc1CN1CCN(C(=O)OC(C)(C)C)CC1.CC(c1ccccc1-c1ccc(F)cc1)n1cncc1CN1CCNCC1. The minimum absolute atomic E-state index is 0. The van der Waals surface area contributed by atoms with Crippen LogP contribution >= 0.6 is 0 Å². The molecule has 2 saturated heterocycles. The Morgan fingerprint density at radius 2 is 1.06 bits per heavy atom. The number of ether oxygens (including phenoxy) is 1. The van der Waals surface area contributed by atoms with E-state index in [1.54, 1.807) is 4.90 Å². The van der Waals surface area contributed by atoms with Gasteiger partial charge in [0.1, 0.15) is 17.2 Å². The van der Waals surface area contributed by atoms with E-state index in [9.17, 15) is 13.6 Å². The van der Waals surface area contributed by atoms with E-state index in [4.69, 9.17) is 4.74 Å². The van der Waals surface area contributed by atoms with Gasteiger partial charge in [0, 0.05) is 77.8 Å². The summed E-state index contributed by atoms with van der Waals surface area (Å²) in [5, 5.41) is 3.40. The highest BCUT2D eigenvalue weighted by molar-refractivity contribution is 5.69. The summed E-state index contributed by atoms with van der Waals surface area (Å²) in [5.74, 6) is -0.449. The lowest BCUT2D eigenvalue weighted by Crippen LogP contribution is -2.49. The van der Waals surface area contributed by atoms with Gasteiger partial charge in [0.05, 0.1) is 36.1 Å². The third-order valence-corrected chi connectivity index (χ3v) is 11.5. The first-order valence-electron chi connectivity index (χ1n) is 21.3. The maximum Gasteiger partial charge on any atom is 0.410 e. The molecule has 2 unspecified atom stereocenters. The molecule has 0 bridgehead atoms. The highest BCUT2D eigenvalue weighted by atomic mass is 19.1. The van der Waals surface area contributed by atoms with Crippen molar-refractivity contribution in [2.45, 2.75) is 72.8 Å². The third-order valence-electron chi connectivity index (χ3n) is 11.5. The lowest BCUT2D eigenvalue weighted by atomic mass is 9.95. The molecule has 10 nitrogen and oxygen atoms in total. The van der Waals surface area contributed by atoms with E-state index in [1.807, 2.05) is 88.3 Å². The number of halogens is 2. The molecule has 0 radical (unpaired) electrons. The Morgan fingerprint density at radius 1 is 0.645 bits per heavy atom. The van der Waals surface area contributed by atoms with Crippen molar-refractivity contribution in [3.8, 4) is 22.3 Å². The molecular weight excluding hydrogens is 783 g/mol. The zero-order chi connectivity index (χ0) is 42.9. The topological polar surface area (TPSA) is 83.7 Å². The lowest BCUT2D eigenvalue weighted by Gasteiger charge is -2.35. The van der Waals surface area contributed by atoms with Gasteiger partial charge in [-0.2, -0.15) is 0 Å². The molecule has 8 rings (SSSR count). The molecule has 2 fully saturated rings. The number of piperazine rings is 2. The maximum absolute atomic E-state index is 13.5. The lowest BCUT2D eigenvalue weighted by molar-refractivity contribution is 0.0137. The minimum atomic E-state index is -0.485. The summed E-state index contributed by atoms with van der Waals surface area (Å²) in [6.07, 6.45) is 7.43. The Hall–Kier alpha value is -5.69. The van der Waals surface area contributed by atoms with E-state index in [1.165, 1.54) is 35.5 Å². The van der Waals surface area contributed by atoms with Crippen LogP contribution < -0.4 is 5.32 Å². The van der Waals surface area contributed by atoms with Crippen LogP contribution in [-0.2, 0) is 17.8 Å². The molecule has 328 valence electrons. The summed E-state index contributed by atoms with van der Waals surface area (Å²) < 4.78 is 36.8. The van der Waals surface area contributed by atoms with Gasteiger partial charge in [0.15, 0.2) is 0 Å². The fraction of sp³-hybridized carbons (Fsp3) is 0.380. The number of hydrogen-bond donors (Lipinski definition) is 1. The summed E-state index contributed by atoms with van der Waals surface area (Å²) in [4.78, 5) is 27.8. The number of rotatable bonds is 10. The molecule has 4 heterocycles. The molecular formula is C50H62F2N8O2. The highest BCUT2D eigenvalue weighted by Gasteiger charge is 2.27. The molecule has 1 N–H and O–H groups in total. The summed E-state index contributed by atoms with van der Waals surface area (Å²) in [6, 6.07) is 30.1. The number of aromatic nitrogens is 4. The fourth-order valence-electron chi connectivity index (χ4n) is 8.16. The summed E-state index contributed by atoms with van der Waals surface area (Å²) in [5.41, 5.74) is 8.46. The van der Waals surface area contributed by atoms with Crippen molar-refractivity contribution >= 4 is 6.09 Å². The van der Waals surface area contributed by atoms with Crippen molar-refractivity contribution in [2.75, 3.05) is 52.4 Å². The average molecular weight is 845 g/mol. The van der Waals surface area contributed by atoms with Crippen LogP contribution in [0.3, 0.4) is 0 Å². The van der Waals surface area contributed by atoms with Crippen molar-refractivity contribution in [3.63, 3.8) is 0 Å². The van der Waals surface area contributed by atoms with Crippen molar-refractivity contribution in [3.05, 3.63) is 156 Å². The molecule has 2 aromatic heterocycles. The Balaban J connectivity index is 0.000000209. The van der Waals surface area contributed by atoms with Gasteiger partial charge in [0.2, 0.25) is 0 Å². The molecule has 0 spiro atoms. The molecule has 62 heavy (non-hydrogen) atoms. The monoisotopic (exact) mass is 844 g/mol. The van der Waals surface area contributed by atoms with Crippen molar-refractivity contribution in [1.82, 2.24) is 39.1 Å². The number of carbonyl (C=O) groups excluding carboxylic acids is 1. The zero-order valence-corrected chi connectivity index (χ0v) is 36.0. The van der Waals surface area contributed by atoms with Gasteiger partial charge in [0.25, 0.3) is 0 Å². The van der Waals surface area contributed by atoms with Gasteiger partial charge in [-0.25, -0.2) is 23.5 Å². The second kappa shape index (κ2) is 20.9. The van der Waals surface area contributed by atoms with Crippen LogP contribution in [0.1, 0.15) is 76.6 Å². The van der Waals surface area contributed by atoms with Crippen molar-refractivity contribution < 1.29 is 18.3 Å². The number of amides is 1. The molecule has 6 aromatic rings. The van der Waals surface area contributed by atoms with E-state index in [0.29, 0.717) is 13.1 Å². The van der Waals surface area contributed by atoms with Gasteiger partial charge in [-0.05, 0) is 92.3 Å².